The number of rotatable bonds is 3. The first-order chi connectivity index (χ1) is 9.41. The van der Waals surface area contributed by atoms with Gasteiger partial charge in [-0.3, -0.25) is 14.9 Å². The lowest BCUT2D eigenvalue weighted by Crippen LogP contribution is -2.51. The fourth-order valence-corrected chi connectivity index (χ4v) is 2.24. The van der Waals surface area contributed by atoms with E-state index < -0.39 is 10.5 Å². The summed E-state index contributed by atoms with van der Waals surface area (Å²) >= 11 is 0. The normalized spacial score (nSPS) is 22.2. The fourth-order valence-electron chi connectivity index (χ4n) is 2.24. The molecule has 0 bridgehead atoms. The van der Waals surface area contributed by atoms with E-state index in [1.807, 2.05) is 6.92 Å². The first-order valence-electron chi connectivity index (χ1n) is 6.35. The molecule has 1 aromatic rings. The predicted molar refractivity (Wildman–Crippen MR) is 73.4 cm³/mol. The second kappa shape index (κ2) is 5.46. The van der Waals surface area contributed by atoms with Crippen molar-refractivity contribution in [2.45, 2.75) is 25.3 Å². The van der Waals surface area contributed by atoms with E-state index in [-0.39, 0.29) is 17.3 Å². The van der Waals surface area contributed by atoms with Crippen LogP contribution in [0.1, 0.15) is 30.1 Å². The minimum Gasteiger partial charge on any atom is -0.393 e. The SMILES string of the molecule is CC1(NC(=O)c2ccc([N+](=O)[O-])c(N)c2)CCCOC1. The molecule has 3 N–H and O–H groups in total. The molecule has 7 heteroatoms. The number of amides is 1. The van der Waals surface area contributed by atoms with Crippen LogP contribution in [0, 0.1) is 10.1 Å². The predicted octanol–water partition coefficient (Wildman–Crippen LogP) is 1.48. The molecule has 1 aromatic carbocycles. The van der Waals surface area contributed by atoms with E-state index in [4.69, 9.17) is 10.5 Å². The summed E-state index contributed by atoms with van der Waals surface area (Å²) in [5.41, 5.74) is 5.25. The molecule has 1 aliphatic rings. The topological polar surface area (TPSA) is 107 Å². The van der Waals surface area contributed by atoms with Crippen LogP contribution in [0.3, 0.4) is 0 Å². The Kier molecular flexibility index (Phi) is 3.89. The van der Waals surface area contributed by atoms with Gasteiger partial charge in [-0.2, -0.15) is 0 Å². The Bertz CT molecular complexity index is 538. The van der Waals surface area contributed by atoms with Gasteiger partial charge in [-0.05, 0) is 31.9 Å². The Morgan fingerprint density at radius 3 is 2.85 bits per heavy atom. The Morgan fingerprint density at radius 1 is 1.55 bits per heavy atom. The standard InChI is InChI=1S/C13H17N3O4/c1-13(5-2-6-20-8-13)15-12(17)9-3-4-11(16(18)19)10(14)7-9/h3-4,7H,2,5-6,8,14H2,1H3,(H,15,17). The maximum atomic E-state index is 12.2. The molecule has 1 heterocycles. The molecule has 0 aliphatic carbocycles. The minimum absolute atomic E-state index is 0.0207. The van der Waals surface area contributed by atoms with Gasteiger partial charge in [-0.15, -0.1) is 0 Å². The van der Waals surface area contributed by atoms with Gasteiger partial charge in [0, 0.05) is 18.2 Å². The molecule has 0 radical (unpaired) electrons. The summed E-state index contributed by atoms with van der Waals surface area (Å²) < 4.78 is 5.37. The number of nitro benzene ring substituents is 1. The highest BCUT2D eigenvalue weighted by Crippen LogP contribution is 2.23. The first-order valence-corrected chi connectivity index (χ1v) is 6.35. The van der Waals surface area contributed by atoms with Crippen molar-refractivity contribution < 1.29 is 14.5 Å². The van der Waals surface area contributed by atoms with Crippen molar-refractivity contribution >= 4 is 17.3 Å². The van der Waals surface area contributed by atoms with Crippen molar-refractivity contribution in [3.63, 3.8) is 0 Å². The molecule has 0 spiro atoms. The summed E-state index contributed by atoms with van der Waals surface area (Å²) in [5, 5.41) is 13.6. The smallest absolute Gasteiger partial charge is 0.292 e. The van der Waals surface area contributed by atoms with Gasteiger partial charge in [0.2, 0.25) is 0 Å². The molecule has 1 aliphatic heterocycles. The van der Waals surface area contributed by atoms with Crippen molar-refractivity contribution in [2.24, 2.45) is 0 Å². The minimum atomic E-state index is -0.576. The molecule has 7 nitrogen and oxygen atoms in total. The van der Waals surface area contributed by atoms with Gasteiger partial charge in [0.15, 0.2) is 0 Å². The molecule has 1 fully saturated rings. The van der Waals surface area contributed by atoms with E-state index in [0.717, 1.165) is 12.8 Å². The molecule has 2 rings (SSSR count). The van der Waals surface area contributed by atoms with Crippen LogP contribution >= 0.6 is 0 Å². The summed E-state index contributed by atoms with van der Waals surface area (Å²) in [4.78, 5) is 22.3. The van der Waals surface area contributed by atoms with Crippen LogP contribution in [0.5, 0.6) is 0 Å². The first kappa shape index (κ1) is 14.3. The van der Waals surface area contributed by atoms with Crippen molar-refractivity contribution in [1.29, 1.82) is 0 Å². The van der Waals surface area contributed by atoms with Crippen LogP contribution in [0.4, 0.5) is 11.4 Å². The molecule has 1 amide bonds. The van der Waals surface area contributed by atoms with Crippen LogP contribution in [0.15, 0.2) is 18.2 Å². The number of hydrogen-bond acceptors (Lipinski definition) is 5. The maximum absolute atomic E-state index is 12.2. The highest BCUT2D eigenvalue weighted by Gasteiger charge is 2.29. The van der Waals surface area contributed by atoms with Crippen molar-refractivity contribution in [1.82, 2.24) is 5.32 Å². The number of hydrogen-bond donors (Lipinski definition) is 2. The number of nitrogens with two attached hydrogens (primary N) is 1. The molecule has 0 saturated carbocycles. The Balaban J connectivity index is 2.13. The van der Waals surface area contributed by atoms with Gasteiger partial charge in [0.25, 0.3) is 11.6 Å². The van der Waals surface area contributed by atoms with Crippen LogP contribution in [0.2, 0.25) is 0 Å². The number of ether oxygens (including phenoxy) is 1. The molecular formula is C13H17N3O4. The number of nitrogens with zero attached hydrogens (tertiary/aromatic N) is 1. The fraction of sp³-hybridized carbons (Fsp3) is 0.462. The second-order valence-corrected chi connectivity index (χ2v) is 5.20. The average molecular weight is 279 g/mol. The average Bonchev–Trinajstić information content (AvgIpc) is 2.38. The molecule has 1 saturated heterocycles. The third kappa shape index (κ3) is 3.05. The molecule has 0 aromatic heterocycles. The van der Waals surface area contributed by atoms with Gasteiger partial charge < -0.3 is 15.8 Å². The summed E-state index contributed by atoms with van der Waals surface area (Å²) in [6.07, 6.45) is 1.72. The summed E-state index contributed by atoms with van der Waals surface area (Å²) in [5.74, 6) is -0.306. The van der Waals surface area contributed by atoms with E-state index in [0.29, 0.717) is 18.8 Å². The lowest BCUT2D eigenvalue weighted by atomic mass is 9.94. The van der Waals surface area contributed by atoms with Crippen molar-refractivity contribution in [2.75, 3.05) is 18.9 Å². The van der Waals surface area contributed by atoms with Crippen LogP contribution in [0.25, 0.3) is 0 Å². The zero-order valence-electron chi connectivity index (χ0n) is 11.2. The number of nitrogens with one attached hydrogen (secondary N) is 1. The van der Waals surface area contributed by atoms with Gasteiger partial charge in [-0.1, -0.05) is 0 Å². The van der Waals surface area contributed by atoms with E-state index >= 15 is 0 Å². The van der Waals surface area contributed by atoms with Gasteiger partial charge in [0.1, 0.15) is 5.69 Å². The number of carbonyl (C=O) groups excluding carboxylic acids is 1. The maximum Gasteiger partial charge on any atom is 0.292 e. The Labute approximate surface area is 116 Å². The van der Waals surface area contributed by atoms with Gasteiger partial charge in [-0.25, -0.2) is 0 Å². The van der Waals surface area contributed by atoms with E-state index in [9.17, 15) is 14.9 Å². The molecular weight excluding hydrogens is 262 g/mol. The zero-order valence-corrected chi connectivity index (χ0v) is 11.2. The zero-order chi connectivity index (χ0) is 14.8. The summed E-state index contributed by atoms with van der Waals surface area (Å²) in [6, 6.07) is 3.96. The number of carbonyl (C=O) groups is 1. The van der Waals surface area contributed by atoms with Crippen LogP contribution in [-0.4, -0.2) is 29.6 Å². The number of anilines is 1. The van der Waals surface area contributed by atoms with E-state index in [1.165, 1.54) is 18.2 Å². The third-order valence-corrected chi connectivity index (χ3v) is 3.34. The summed E-state index contributed by atoms with van der Waals surface area (Å²) in [7, 11) is 0. The quantitative estimate of drug-likeness (QED) is 0.495. The number of benzene rings is 1. The highest BCUT2D eigenvalue weighted by atomic mass is 16.6. The lowest BCUT2D eigenvalue weighted by Gasteiger charge is -2.34. The Hall–Kier alpha value is -2.15. The summed E-state index contributed by atoms with van der Waals surface area (Å²) in [6.45, 7) is 3.08. The number of nitrogen functional groups attached to an aromatic ring is 1. The van der Waals surface area contributed by atoms with Crippen molar-refractivity contribution in [3.05, 3.63) is 33.9 Å². The van der Waals surface area contributed by atoms with Crippen LogP contribution < -0.4 is 11.1 Å². The molecule has 1 atom stereocenters. The van der Waals surface area contributed by atoms with Gasteiger partial charge >= 0.3 is 0 Å². The van der Waals surface area contributed by atoms with E-state index in [1.54, 1.807) is 0 Å². The van der Waals surface area contributed by atoms with Crippen molar-refractivity contribution in [3.8, 4) is 0 Å². The van der Waals surface area contributed by atoms with Crippen LogP contribution in [-0.2, 0) is 4.74 Å². The second-order valence-electron chi connectivity index (χ2n) is 5.20. The molecule has 1 unspecified atom stereocenters. The number of nitro groups is 1. The third-order valence-electron chi connectivity index (χ3n) is 3.34. The lowest BCUT2D eigenvalue weighted by molar-refractivity contribution is -0.383. The molecule has 108 valence electrons. The largest absolute Gasteiger partial charge is 0.393 e. The highest BCUT2D eigenvalue weighted by molar-refractivity contribution is 5.96. The molecule has 20 heavy (non-hydrogen) atoms. The van der Waals surface area contributed by atoms with Gasteiger partial charge in [0.05, 0.1) is 17.1 Å². The monoisotopic (exact) mass is 279 g/mol. The van der Waals surface area contributed by atoms with E-state index in [2.05, 4.69) is 5.32 Å². The Morgan fingerprint density at radius 2 is 2.30 bits per heavy atom.